The van der Waals surface area contributed by atoms with E-state index in [0.717, 1.165) is 23.0 Å². The summed E-state index contributed by atoms with van der Waals surface area (Å²) in [6, 6.07) is 1.15. The molecule has 2 amide bonds. The fraction of sp³-hybridized carbons (Fsp3) is 0.542. The van der Waals surface area contributed by atoms with Crippen molar-refractivity contribution in [2.24, 2.45) is 5.73 Å². The van der Waals surface area contributed by atoms with Crippen LogP contribution in [0.3, 0.4) is 0 Å². The van der Waals surface area contributed by atoms with Gasteiger partial charge in [0.1, 0.15) is 11.6 Å². The lowest BCUT2D eigenvalue weighted by molar-refractivity contribution is -0.148. The van der Waals surface area contributed by atoms with Crippen molar-refractivity contribution in [3.63, 3.8) is 0 Å². The van der Waals surface area contributed by atoms with Crippen molar-refractivity contribution < 1.29 is 40.0 Å². The van der Waals surface area contributed by atoms with Gasteiger partial charge in [-0.3, -0.25) is 9.59 Å². The van der Waals surface area contributed by atoms with Gasteiger partial charge < -0.3 is 20.1 Å². The van der Waals surface area contributed by atoms with Gasteiger partial charge in [-0.2, -0.15) is 17.5 Å². The average molecular weight is 593 g/mol. The minimum absolute atomic E-state index is 0.00112. The molecule has 1 saturated heterocycles. The number of carbonyl (C=O) groups is 2. The van der Waals surface area contributed by atoms with E-state index in [2.05, 4.69) is 4.98 Å². The van der Waals surface area contributed by atoms with E-state index in [-0.39, 0.29) is 75.5 Å². The third-order valence-electron chi connectivity index (χ3n) is 7.06. The molecule has 0 aliphatic carbocycles. The van der Waals surface area contributed by atoms with Gasteiger partial charge in [0, 0.05) is 51.7 Å². The summed E-state index contributed by atoms with van der Waals surface area (Å²) in [6.45, 7) is 0.594. The summed E-state index contributed by atoms with van der Waals surface area (Å²) in [5.41, 5.74) is 5.60. The van der Waals surface area contributed by atoms with Gasteiger partial charge in [0.2, 0.25) is 21.8 Å². The summed E-state index contributed by atoms with van der Waals surface area (Å²) in [6.07, 6.45) is -4.25. The van der Waals surface area contributed by atoms with E-state index < -0.39 is 57.2 Å². The fourth-order valence-electron chi connectivity index (χ4n) is 4.89. The standard InChI is InChI=1S/C24H29F5N6O4S/c1-14-9-18(26)15(11-17(14)25)10-16(30)12-20(36)33-5-8-35-19(13-33)21(31-23(35)24(27,28)29)22(37)32-3-6-34(7-4-32)40(2,38)39/h9,11,16H,3-8,10,12-13,30H2,1-2H3/t16-/m1/s1. The number of imidazole rings is 1. The zero-order valence-electron chi connectivity index (χ0n) is 21.8. The Hall–Kier alpha value is -3.11. The van der Waals surface area contributed by atoms with Crippen LogP contribution in [0.1, 0.15) is 39.6 Å². The van der Waals surface area contributed by atoms with Crippen molar-refractivity contribution in [1.82, 2.24) is 23.7 Å². The topological polar surface area (TPSA) is 122 Å². The predicted octanol–water partition coefficient (Wildman–Crippen LogP) is 1.51. The van der Waals surface area contributed by atoms with Crippen LogP contribution in [0.5, 0.6) is 0 Å². The SMILES string of the molecule is Cc1cc(F)c(C[C@@H](N)CC(=O)N2CCn3c(C(F)(F)F)nc(C(=O)N4CCN(S(C)(=O)=O)CC4)c3C2)cc1F. The lowest BCUT2D eigenvalue weighted by Gasteiger charge is -2.34. The summed E-state index contributed by atoms with van der Waals surface area (Å²) in [7, 11) is -3.49. The van der Waals surface area contributed by atoms with E-state index in [9.17, 15) is 40.0 Å². The van der Waals surface area contributed by atoms with Gasteiger partial charge in [-0.05, 0) is 36.6 Å². The molecule has 0 unspecified atom stereocenters. The Balaban J connectivity index is 1.50. The Morgan fingerprint density at radius 3 is 2.25 bits per heavy atom. The molecule has 10 nitrogen and oxygen atoms in total. The number of alkyl halides is 3. The molecule has 0 saturated carbocycles. The molecule has 0 bridgehead atoms. The third-order valence-corrected chi connectivity index (χ3v) is 8.36. The number of nitrogens with two attached hydrogens (primary N) is 1. The second kappa shape index (κ2) is 11.0. The smallest absolute Gasteiger partial charge is 0.335 e. The van der Waals surface area contributed by atoms with Crippen LogP contribution in [0.15, 0.2) is 12.1 Å². The lowest BCUT2D eigenvalue weighted by atomic mass is 10.0. The number of carbonyl (C=O) groups excluding carboxylic acids is 2. The van der Waals surface area contributed by atoms with Crippen molar-refractivity contribution in [1.29, 1.82) is 0 Å². The first kappa shape index (κ1) is 29.9. The molecular formula is C24H29F5N6O4S. The highest BCUT2D eigenvalue weighted by Crippen LogP contribution is 2.33. The number of halogens is 5. The summed E-state index contributed by atoms with van der Waals surface area (Å²) in [4.78, 5) is 32.3. The van der Waals surface area contributed by atoms with Gasteiger partial charge in [0.05, 0.1) is 18.5 Å². The summed E-state index contributed by atoms with van der Waals surface area (Å²) < 4.78 is 94.9. The molecule has 2 aliphatic rings. The first-order valence-corrected chi connectivity index (χ1v) is 14.3. The molecular weight excluding hydrogens is 563 g/mol. The molecule has 0 spiro atoms. The second-order valence-electron chi connectivity index (χ2n) is 10.0. The molecule has 2 aliphatic heterocycles. The molecule has 2 aromatic rings. The van der Waals surface area contributed by atoms with Crippen molar-refractivity contribution >= 4 is 21.8 Å². The van der Waals surface area contributed by atoms with Crippen LogP contribution < -0.4 is 5.73 Å². The van der Waals surface area contributed by atoms with E-state index in [1.54, 1.807) is 0 Å². The second-order valence-corrected chi connectivity index (χ2v) is 12.0. The van der Waals surface area contributed by atoms with Crippen molar-refractivity contribution in [2.45, 2.75) is 45.1 Å². The minimum atomic E-state index is -4.86. The maximum absolute atomic E-state index is 14.2. The number of hydrogen-bond acceptors (Lipinski definition) is 6. The predicted molar refractivity (Wildman–Crippen MR) is 132 cm³/mol. The number of rotatable bonds is 6. The highest BCUT2D eigenvalue weighted by Gasteiger charge is 2.42. The van der Waals surface area contributed by atoms with Crippen LogP contribution in [-0.4, -0.2) is 88.9 Å². The molecule has 2 N–H and O–H groups in total. The minimum Gasteiger partial charge on any atom is -0.335 e. The van der Waals surface area contributed by atoms with Crippen LogP contribution >= 0.6 is 0 Å². The maximum atomic E-state index is 14.2. The van der Waals surface area contributed by atoms with Crippen LogP contribution in [0.25, 0.3) is 0 Å². The van der Waals surface area contributed by atoms with Gasteiger partial charge in [-0.15, -0.1) is 0 Å². The van der Waals surface area contributed by atoms with E-state index in [4.69, 9.17) is 5.73 Å². The van der Waals surface area contributed by atoms with Crippen molar-refractivity contribution in [3.8, 4) is 0 Å². The van der Waals surface area contributed by atoms with Gasteiger partial charge >= 0.3 is 6.18 Å². The van der Waals surface area contributed by atoms with E-state index in [1.807, 2.05) is 0 Å². The first-order chi connectivity index (χ1) is 18.6. The van der Waals surface area contributed by atoms with Gasteiger partial charge in [0.25, 0.3) is 5.91 Å². The fourth-order valence-corrected chi connectivity index (χ4v) is 5.72. The zero-order chi connectivity index (χ0) is 29.6. The molecule has 220 valence electrons. The van der Waals surface area contributed by atoms with Gasteiger partial charge in [-0.25, -0.2) is 22.2 Å². The normalized spacial score (nSPS) is 17.6. The number of piperazine rings is 1. The van der Waals surface area contributed by atoms with Crippen molar-refractivity contribution in [3.05, 3.63) is 52.1 Å². The maximum Gasteiger partial charge on any atom is 0.449 e. The number of nitrogens with zero attached hydrogens (tertiary/aromatic N) is 5. The third kappa shape index (κ3) is 6.28. The van der Waals surface area contributed by atoms with Gasteiger partial charge in [0.15, 0.2) is 5.69 Å². The van der Waals surface area contributed by atoms with E-state index >= 15 is 0 Å². The lowest BCUT2D eigenvalue weighted by Crippen LogP contribution is -2.50. The Kier molecular flexibility index (Phi) is 8.25. The molecule has 16 heteroatoms. The van der Waals surface area contributed by atoms with Gasteiger partial charge in [-0.1, -0.05) is 0 Å². The molecule has 4 rings (SSSR count). The molecule has 1 aromatic heterocycles. The number of aryl methyl sites for hydroxylation is 1. The quantitative estimate of drug-likeness (QED) is 0.508. The molecule has 0 radical (unpaired) electrons. The number of hydrogen-bond donors (Lipinski definition) is 1. The largest absolute Gasteiger partial charge is 0.449 e. The molecule has 1 aromatic carbocycles. The highest BCUT2D eigenvalue weighted by atomic mass is 32.2. The number of aromatic nitrogens is 2. The van der Waals surface area contributed by atoms with Crippen LogP contribution in [-0.2, 0) is 40.5 Å². The molecule has 1 atom stereocenters. The number of amides is 2. The Labute approximate surface area is 227 Å². The summed E-state index contributed by atoms with van der Waals surface area (Å²) in [5.74, 6) is -3.86. The average Bonchev–Trinajstić information content (AvgIpc) is 3.26. The molecule has 3 heterocycles. The Morgan fingerprint density at radius 1 is 1.02 bits per heavy atom. The number of benzene rings is 1. The summed E-state index contributed by atoms with van der Waals surface area (Å²) >= 11 is 0. The van der Waals surface area contributed by atoms with Crippen molar-refractivity contribution in [2.75, 3.05) is 39.0 Å². The highest BCUT2D eigenvalue weighted by molar-refractivity contribution is 7.88. The number of fused-ring (bicyclic) bond motifs is 1. The monoisotopic (exact) mass is 592 g/mol. The first-order valence-electron chi connectivity index (χ1n) is 12.4. The Bertz CT molecular complexity index is 1420. The number of sulfonamides is 1. The molecule has 40 heavy (non-hydrogen) atoms. The van der Waals surface area contributed by atoms with Crippen LogP contribution in [0.2, 0.25) is 0 Å². The van der Waals surface area contributed by atoms with E-state index in [0.29, 0.717) is 0 Å². The summed E-state index contributed by atoms with van der Waals surface area (Å²) in [5, 5.41) is 0. The van der Waals surface area contributed by atoms with Crippen LogP contribution in [0.4, 0.5) is 22.0 Å². The zero-order valence-corrected chi connectivity index (χ0v) is 22.7. The van der Waals surface area contributed by atoms with Crippen LogP contribution in [0, 0.1) is 18.6 Å². The molecule has 1 fully saturated rings. The Morgan fingerprint density at radius 2 is 1.65 bits per heavy atom. The van der Waals surface area contributed by atoms with E-state index in [1.165, 1.54) is 21.0 Å².